The number of fused-ring (bicyclic) bond motifs is 3. The van der Waals surface area contributed by atoms with Crippen LogP contribution in [-0.4, -0.2) is 4.98 Å². The second-order valence-corrected chi connectivity index (χ2v) is 13.5. The fraction of sp³-hybridized carbons (Fsp3) is 0. The average Bonchev–Trinajstić information content (AvgIpc) is 3.57. The Balaban J connectivity index is 1.20. The second-order valence-electron chi connectivity index (χ2n) is 12.4. The van der Waals surface area contributed by atoms with E-state index in [2.05, 4.69) is 182 Å². The quantitative estimate of drug-likeness (QED) is 0.176. The molecule has 0 radical (unpaired) electrons. The molecule has 0 unspecified atom stereocenters. The third-order valence-electron chi connectivity index (χ3n) is 9.29. The Hall–Kier alpha value is -6.09. The van der Waals surface area contributed by atoms with Gasteiger partial charge in [-0.3, -0.25) is 0 Å². The predicted octanol–water partition coefficient (Wildman–Crippen LogP) is 13.5. The number of pyridine rings is 1. The smallest absolute Gasteiger partial charge is 0.0715 e. The van der Waals surface area contributed by atoms with Gasteiger partial charge in [-0.05, 0) is 87.0 Å². The van der Waals surface area contributed by atoms with Crippen LogP contribution in [-0.2, 0) is 0 Å². The fourth-order valence-corrected chi connectivity index (χ4v) is 7.90. The minimum atomic E-state index is 0.953. The third kappa shape index (κ3) is 5.63. The Morgan fingerprint density at radius 1 is 0.286 bits per heavy atom. The topological polar surface area (TPSA) is 12.9 Å². The van der Waals surface area contributed by atoms with E-state index in [1.54, 1.807) is 0 Å². The highest BCUT2D eigenvalue weighted by atomic mass is 32.1. The van der Waals surface area contributed by atoms with Crippen molar-refractivity contribution in [3.05, 3.63) is 188 Å². The first-order valence-electron chi connectivity index (χ1n) is 16.6. The monoisotopic (exact) mass is 641 g/mol. The van der Waals surface area contributed by atoms with Gasteiger partial charge in [-0.1, -0.05) is 146 Å². The molecule has 2 heterocycles. The zero-order valence-electron chi connectivity index (χ0n) is 26.8. The van der Waals surface area contributed by atoms with Crippen molar-refractivity contribution in [1.29, 1.82) is 0 Å². The number of nitrogens with zero attached hydrogens (tertiary/aromatic N) is 1. The van der Waals surface area contributed by atoms with Crippen LogP contribution in [0, 0.1) is 0 Å². The molecule has 0 amide bonds. The molecule has 0 aliphatic rings. The van der Waals surface area contributed by atoms with Crippen LogP contribution >= 0.6 is 11.3 Å². The van der Waals surface area contributed by atoms with Crippen molar-refractivity contribution in [3.63, 3.8) is 0 Å². The van der Waals surface area contributed by atoms with Crippen LogP contribution in [0.25, 0.3) is 87.2 Å². The Morgan fingerprint density at radius 3 is 1.63 bits per heavy atom. The van der Waals surface area contributed by atoms with Crippen LogP contribution in [0.3, 0.4) is 0 Å². The van der Waals surface area contributed by atoms with E-state index in [0.717, 1.165) is 33.6 Å². The summed E-state index contributed by atoms with van der Waals surface area (Å²) in [7, 11) is 0. The van der Waals surface area contributed by atoms with Gasteiger partial charge in [-0.25, -0.2) is 4.98 Å². The molecule has 7 aromatic carbocycles. The number of aromatic nitrogens is 1. The molecule has 2 heteroatoms. The molecule has 0 fully saturated rings. The largest absolute Gasteiger partial charge is 0.248 e. The van der Waals surface area contributed by atoms with Crippen LogP contribution in [0.4, 0.5) is 0 Å². The highest BCUT2D eigenvalue weighted by Gasteiger charge is 2.14. The van der Waals surface area contributed by atoms with Crippen molar-refractivity contribution in [2.75, 3.05) is 0 Å². The lowest BCUT2D eigenvalue weighted by atomic mass is 9.90. The van der Waals surface area contributed by atoms with Crippen molar-refractivity contribution in [2.45, 2.75) is 0 Å². The van der Waals surface area contributed by atoms with Crippen LogP contribution in [0.15, 0.2) is 188 Å². The Kier molecular flexibility index (Phi) is 7.42. The lowest BCUT2D eigenvalue weighted by Crippen LogP contribution is -1.92. The van der Waals surface area contributed by atoms with Crippen molar-refractivity contribution < 1.29 is 0 Å². The molecule has 0 saturated heterocycles. The molecule has 2 aromatic heterocycles. The first-order valence-corrected chi connectivity index (χ1v) is 17.4. The van der Waals surface area contributed by atoms with Crippen LogP contribution < -0.4 is 0 Å². The molecular formula is C47H31NS. The highest BCUT2D eigenvalue weighted by molar-refractivity contribution is 7.25. The summed E-state index contributed by atoms with van der Waals surface area (Å²) in [5.74, 6) is 0. The summed E-state index contributed by atoms with van der Waals surface area (Å²) < 4.78 is 2.64. The number of hydrogen-bond acceptors (Lipinski definition) is 2. The fourth-order valence-electron chi connectivity index (χ4n) is 6.82. The second kappa shape index (κ2) is 12.5. The summed E-state index contributed by atoms with van der Waals surface area (Å²) in [6.07, 6.45) is 0. The summed E-state index contributed by atoms with van der Waals surface area (Å²) in [6.45, 7) is 0. The van der Waals surface area contributed by atoms with Crippen LogP contribution in [0.2, 0.25) is 0 Å². The van der Waals surface area contributed by atoms with E-state index in [1.807, 2.05) is 17.4 Å². The summed E-state index contributed by atoms with van der Waals surface area (Å²) in [5, 5.41) is 2.63. The van der Waals surface area contributed by atoms with Gasteiger partial charge < -0.3 is 0 Å². The molecule has 0 atom stereocenters. The molecule has 0 aliphatic heterocycles. The van der Waals surface area contributed by atoms with Gasteiger partial charge in [0.15, 0.2) is 0 Å². The van der Waals surface area contributed by atoms with Gasteiger partial charge in [0, 0.05) is 31.3 Å². The normalized spacial score (nSPS) is 11.3. The molecule has 230 valence electrons. The standard InChI is InChI=1S/C47H31NS/c1-4-13-32(14-5-1)39-30-44(34-17-8-3-9-18-34)48-45(31-39)38-20-12-19-37(27-38)42-28-35(23-25-40(42)33-15-6-2-7-16-33)36-24-26-47-43(29-36)41-21-10-11-22-46(41)49-47/h1-31H. The zero-order chi connectivity index (χ0) is 32.6. The maximum absolute atomic E-state index is 5.23. The summed E-state index contributed by atoms with van der Waals surface area (Å²) in [4.78, 5) is 5.23. The molecule has 9 rings (SSSR count). The summed E-state index contributed by atoms with van der Waals surface area (Å²) in [6, 6.07) is 67.5. The van der Waals surface area contributed by atoms with E-state index in [1.165, 1.54) is 53.6 Å². The van der Waals surface area contributed by atoms with Crippen LogP contribution in [0.5, 0.6) is 0 Å². The van der Waals surface area contributed by atoms with Crippen molar-refractivity contribution in [2.24, 2.45) is 0 Å². The van der Waals surface area contributed by atoms with Gasteiger partial charge in [0.2, 0.25) is 0 Å². The average molecular weight is 642 g/mol. The van der Waals surface area contributed by atoms with E-state index in [9.17, 15) is 0 Å². The van der Waals surface area contributed by atoms with Gasteiger partial charge in [-0.15, -0.1) is 11.3 Å². The van der Waals surface area contributed by atoms with Gasteiger partial charge in [0.05, 0.1) is 11.4 Å². The van der Waals surface area contributed by atoms with E-state index in [0.29, 0.717) is 0 Å². The molecule has 9 aromatic rings. The molecule has 0 aliphatic carbocycles. The number of hydrogen-bond donors (Lipinski definition) is 0. The Bertz CT molecular complexity index is 2530. The first-order chi connectivity index (χ1) is 24.3. The number of thiophene rings is 1. The summed E-state index contributed by atoms with van der Waals surface area (Å²) >= 11 is 1.86. The van der Waals surface area contributed by atoms with Crippen LogP contribution in [0.1, 0.15) is 0 Å². The highest BCUT2D eigenvalue weighted by Crippen LogP contribution is 2.40. The van der Waals surface area contributed by atoms with E-state index >= 15 is 0 Å². The maximum Gasteiger partial charge on any atom is 0.0715 e. The van der Waals surface area contributed by atoms with E-state index in [4.69, 9.17) is 4.98 Å². The third-order valence-corrected chi connectivity index (χ3v) is 10.4. The van der Waals surface area contributed by atoms with E-state index in [-0.39, 0.29) is 0 Å². The molecule has 49 heavy (non-hydrogen) atoms. The SMILES string of the molecule is c1ccc(-c2cc(-c3ccccc3)nc(-c3cccc(-c4cc(-c5ccc6sc7ccccc7c6c5)ccc4-c4ccccc4)c3)c2)cc1. The predicted molar refractivity (Wildman–Crippen MR) is 210 cm³/mol. The van der Waals surface area contributed by atoms with Gasteiger partial charge >= 0.3 is 0 Å². The lowest BCUT2D eigenvalue weighted by Gasteiger charge is -2.15. The molecule has 0 bridgehead atoms. The molecule has 0 spiro atoms. The zero-order valence-corrected chi connectivity index (χ0v) is 27.6. The Morgan fingerprint density at radius 2 is 0.857 bits per heavy atom. The maximum atomic E-state index is 5.23. The minimum absolute atomic E-state index is 0.953. The summed E-state index contributed by atoms with van der Waals surface area (Å²) in [5.41, 5.74) is 13.6. The molecule has 0 saturated carbocycles. The number of rotatable bonds is 6. The van der Waals surface area contributed by atoms with Gasteiger partial charge in [-0.2, -0.15) is 0 Å². The minimum Gasteiger partial charge on any atom is -0.248 e. The molecular weight excluding hydrogens is 611 g/mol. The van der Waals surface area contributed by atoms with Crippen molar-refractivity contribution in [1.82, 2.24) is 4.98 Å². The van der Waals surface area contributed by atoms with Crippen molar-refractivity contribution in [3.8, 4) is 67.0 Å². The van der Waals surface area contributed by atoms with E-state index < -0.39 is 0 Å². The van der Waals surface area contributed by atoms with Crippen molar-refractivity contribution >= 4 is 31.5 Å². The van der Waals surface area contributed by atoms with Gasteiger partial charge in [0.25, 0.3) is 0 Å². The van der Waals surface area contributed by atoms with Gasteiger partial charge in [0.1, 0.15) is 0 Å². The Labute approximate surface area is 290 Å². The molecule has 0 N–H and O–H groups in total. The lowest BCUT2D eigenvalue weighted by molar-refractivity contribution is 1.32. The first kappa shape index (κ1) is 29.1. The number of benzene rings is 7. The molecule has 1 nitrogen and oxygen atoms in total.